The van der Waals surface area contributed by atoms with E-state index in [0.717, 1.165) is 18.6 Å². The maximum Gasteiger partial charge on any atom is 0.323 e. The summed E-state index contributed by atoms with van der Waals surface area (Å²) in [6.07, 6.45) is 3.88. The van der Waals surface area contributed by atoms with Crippen molar-refractivity contribution < 1.29 is 9.15 Å². The Hall–Kier alpha value is -2.35. The quantitative estimate of drug-likeness (QED) is 0.581. The van der Waals surface area contributed by atoms with Crippen LogP contribution in [0.25, 0.3) is 0 Å². The van der Waals surface area contributed by atoms with E-state index in [4.69, 9.17) is 15.0 Å². The number of nitrogens with two attached hydrogens (primary N) is 1. The highest BCUT2D eigenvalue weighted by Gasteiger charge is 2.32. The first-order valence-corrected chi connectivity index (χ1v) is 6.94. The van der Waals surface area contributed by atoms with E-state index in [9.17, 15) is 0 Å². The van der Waals surface area contributed by atoms with E-state index in [0.29, 0.717) is 25.1 Å². The Balaban J connectivity index is 1.88. The van der Waals surface area contributed by atoms with Gasteiger partial charge < -0.3 is 14.1 Å². The van der Waals surface area contributed by atoms with E-state index in [1.807, 2.05) is 19.1 Å². The summed E-state index contributed by atoms with van der Waals surface area (Å²) in [4.78, 5) is 14.8. The molecule has 3 N–H and O–H groups in total. The van der Waals surface area contributed by atoms with Gasteiger partial charge in [-0.3, -0.25) is 5.43 Å². The topological polar surface area (TPSA) is 102 Å². The van der Waals surface area contributed by atoms with Crippen LogP contribution in [-0.4, -0.2) is 27.6 Å². The van der Waals surface area contributed by atoms with Gasteiger partial charge in [0.25, 0.3) is 0 Å². The van der Waals surface area contributed by atoms with E-state index in [-0.39, 0.29) is 12.0 Å². The molecule has 2 heterocycles. The first-order chi connectivity index (χ1) is 10.3. The molecule has 3 rings (SSSR count). The summed E-state index contributed by atoms with van der Waals surface area (Å²) in [5.41, 5.74) is 2.45. The fourth-order valence-corrected chi connectivity index (χ4v) is 2.05. The SMILES string of the molecule is CCOc1nc(NN)nc(N(Cc2ccco2)C2CC2)n1. The number of nitrogens with one attached hydrogen (secondary N) is 1. The molecular weight excluding hydrogens is 272 g/mol. The van der Waals surface area contributed by atoms with Crippen molar-refractivity contribution in [2.75, 3.05) is 16.9 Å². The lowest BCUT2D eigenvalue weighted by Crippen LogP contribution is -2.28. The molecule has 2 aromatic rings. The largest absolute Gasteiger partial charge is 0.467 e. The summed E-state index contributed by atoms with van der Waals surface area (Å²) >= 11 is 0. The fraction of sp³-hybridized carbons (Fsp3) is 0.462. The minimum atomic E-state index is 0.264. The molecule has 0 radical (unpaired) electrons. The number of aromatic nitrogens is 3. The molecule has 0 spiro atoms. The lowest BCUT2D eigenvalue weighted by molar-refractivity contribution is 0.311. The summed E-state index contributed by atoms with van der Waals surface area (Å²) in [6.45, 7) is 2.97. The third kappa shape index (κ3) is 3.22. The molecule has 0 bridgehead atoms. The van der Waals surface area contributed by atoms with Gasteiger partial charge in [0.05, 0.1) is 19.4 Å². The van der Waals surface area contributed by atoms with E-state index < -0.39 is 0 Å². The summed E-state index contributed by atoms with van der Waals surface area (Å²) in [7, 11) is 0. The van der Waals surface area contributed by atoms with Crippen LogP contribution in [0, 0.1) is 0 Å². The smallest absolute Gasteiger partial charge is 0.323 e. The lowest BCUT2D eigenvalue weighted by atomic mass is 10.4. The van der Waals surface area contributed by atoms with Crippen molar-refractivity contribution in [3.05, 3.63) is 24.2 Å². The Morgan fingerprint density at radius 2 is 2.29 bits per heavy atom. The summed E-state index contributed by atoms with van der Waals surface area (Å²) in [5, 5.41) is 0. The summed E-state index contributed by atoms with van der Waals surface area (Å²) in [5.74, 6) is 7.11. The number of rotatable bonds is 7. The molecule has 1 aliphatic carbocycles. The van der Waals surface area contributed by atoms with Crippen molar-refractivity contribution in [3.63, 3.8) is 0 Å². The Morgan fingerprint density at radius 3 is 2.90 bits per heavy atom. The third-order valence-corrected chi connectivity index (χ3v) is 3.16. The molecule has 1 fully saturated rings. The molecule has 0 amide bonds. The molecule has 8 heteroatoms. The molecule has 1 saturated carbocycles. The Labute approximate surface area is 122 Å². The second kappa shape index (κ2) is 5.96. The molecule has 21 heavy (non-hydrogen) atoms. The van der Waals surface area contributed by atoms with Crippen molar-refractivity contribution in [1.82, 2.24) is 15.0 Å². The first-order valence-electron chi connectivity index (χ1n) is 6.94. The van der Waals surface area contributed by atoms with Gasteiger partial charge in [-0.2, -0.15) is 15.0 Å². The van der Waals surface area contributed by atoms with Gasteiger partial charge in [0, 0.05) is 6.04 Å². The van der Waals surface area contributed by atoms with Crippen LogP contribution in [0.4, 0.5) is 11.9 Å². The minimum absolute atomic E-state index is 0.264. The van der Waals surface area contributed by atoms with Crippen molar-refractivity contribution in [3.8, 4) is 6.01 Å². The summed E-state index contributed by atoms with van der Waals surface area (Å²) < 4.78 is 10.8. The van der Waals surface area contributed by atoms with Gasteiger partial charge in [0.1, 0.15) is 5.76 Å². The van der Waals surface area contributed by atoms with E-state index in [1.165, 1.54) is 0 Å². The third-order valence-electron chi connectivity index (χ3n) is 3.16. The van der Waals surface area contributed by atoms with Crippen LogP contribution in [0.5, 0.6) is 6.01 Å². The molecule has 2 aromatic heterocycles. The molecule has 0 unspecified atom stereocenters. The van der Waals surface area contributed by atoms with Crippen molar-refractivity contribution in [2.24, 2.45) is 5.84 Å². The average Bonchev–Trinajstić information content (AvgIpc) is 3.21. The van der Waals surface area contributed by atoms with Crippen molar-refractivity contribution in [2.45, 2.75) is 32.4 Å². The molecule has 8 nitrogen and oxygen atoms in total. The number of anilines is 2. The van der Waals surface area contributed by atoms with Gasteiger partial charge >= 0.3 is 6.01 Å². The fourth-order valence-electron chi connectivity index (χ4n) is 2.05. The minimum Gasteiger partial charge on any atom is -0.467 e. The average molecular weight is 290 g/mol. The zero-order valence-electron chi connectivity index (χ0n) is 11.8. The molecular formula is C13H18N6O2. The van der Waals surface area contributed by atoms with Gasteiger partial charge in [-0.15, -0.1) is 0 Å². The highest BCUT2D eigenvalue weighted by molar-refractivity contribution is 5.40. The maximum absolute atomic E-state index is 5.42. The molecule has 112 valence electrons. The maximum atomic E-state index is 5.42. The van der Waals surface area contributed by atoms with Crippen LogP contribution in [0.1, 0.15) is 25.5 Å². The number of hydrogen-bond donors (Lipinski definition) is 2. The Morgan fingerprint density at radius 1 is 1.43 bits per heavy atom. The van der Waals surface area contributed by atoms with Gasteiger partial charge in [-0.25, -0.2) is 5.84 Å². The second-order valence-electron chi connectivity index (χ2n) is 4.76. The van der Waals surface area contributed by atoms with Crippen molar-refractivity contribution in [1.29, 1.82) is 0 Å². The predicted octanol–water partition coefficient (Wildman–Crippen LogP) is 1.32. The van der Waals surface area contributed by atoms with Crippen LogP contribution in [0.15, 0.2) is 22.8 Å². The second-order valence-corrected chi connectivity index (χ2v) is 4.76. The number of nitrogen functional groups attached to an aromatic ring is 1. The van der Waals surface area contributed by atoms with E-state index >= 15 is 0 Å². The van der Waals surface area contributed by atoms with E-state index in [2.05, 4.69) is 25.3 Å². The van der Waals surface area contributed by atoms with Crippen molar-refractivity contribution >= 4 is 11.9 Å². The van der Waals surface area contributed by atoms with Crippen LogP contribution >= 0.6 is 0 Å². The summed E-state index contributed by atoms with van der Waals surface area (Å²) in [6, 6.07) is 4.48. The number of hydrogen-bond acceptors (Lipinski definition) is 8. The zero-order valence-corrected chi connectivity index (χ0v) is 11.8. The van der Waals surface area contributed by atoms with Gasteiger partial charge in [0.2, 0.25) is 11.9 Å². The molecule has 0 saturated heterocycles. The number of furan rings is 1. The highest BCUT2D eigenvalue weighted by Crippen LogP contribution is 2.32. The van der Waals surface area contributed by atoms with Crippen LogP contribution in [0.3, 0.4) is 0 Å². The standard InChI is InChI=1S/C13H18N6O2/c1-2-20-13-16-11(18-14)15-12(17-13)19(9-5-6-9)8-10-4-3-7-21-10/h3-4,7,9H,2,5-6,8,14H2,1H3,(H,15,16,17,18). The first kappa shape index (κ1) is 13.6. The number of hydrazine groups is 1. The monoisotopic (exact) mass is 290 g/mol. The molecule has 0 atom stereocenters. The van der Waals surface area contributed by atoms with E-state index in [1.54, 1.807) is 6.26 Å². The zero-order chi connectivity index (χ0) is 14.7. The normalized spacial score (nSPS) is 14.0. The molecule has 0 aromatic carbocycles. The predicted molar refractivity (Wildman–Crippen MR) is 76.7 cm³/mol. The molecule has 1 aliphatic rings. The molecule has 0 aliphatic heterocycles. The lowest BCUT2D eigenvalue weighted by Gasteiger charge is -2.21. The number of ether oxygens (including phenoxy) is 1. The number of nitrogens with zero attached hydrogens (tertiary/aromatic N) is 4. The Bertz CT molecular complexity index is 584. The van der Waals surface area contributed by atoms with Gasteiger partial charge in [0.15, 0.2) is 0 Å². The van der Waals surface area contributed by atoms with Crippen LogP contribution in [-0.2, 0) is 6.54 Å². The Kier molecular flexibility index (Phi) is 3.87. The highest BCUT2D eigenvalue weighted by atomic mass is 16.5. The van der Waals surface area contributed by atoms with Gasteiger partial charge in [-0.1, -0.05) is 0 Å². The van der Waals surface area contributed by atoms with Gasteiger partial charge in [-0.05, 0) is 31.9 Å². The van der Waals surface area contributed by atoms with Crippen LogP contribution < -0.4 is 20.9 Å². The van der Waals surface area contributed by atoms with Crippen LogP contribution in [0.2, 0.25) is 0 Å².